The van der Waals surface area contributed by atoms with E-state index in [0.717, 1.165) is 12.0 Å². The smallest absolute Gasteiger partial charge is 0.106 e. The summed E-state index contributed by atoms with van der Waals surface area (Å²) in [5, 5.41) is 0. The minimum absolute atomic E-state index is 0.195. The number of nitrogens with one attached hydrogen (secondary N) is 1. The highest BCUT2D eigenvalue weighted by atomic mass is 32.2. The number of aryl methyl sites for hydroxylation is 1. The summed E-state index contributed by atoms with van der Waals surface area (Å²) in [6.45, 7) is 1.95. The molecule has 0 aliphatic rings. The third-order valence-electron chi connectivity index (χ3n) is 1.97. The van der Waals surface area contributed by atoms with Crippen LogP contribution in [0.15, 0.2) is 18.2 Å². The molecule has 0 aromatic heterocycles. The first-order valence-electron chi connectivity index (χ1n) is 4.33. The standard InChI is InChI=1S/C9H12N2O2S2/c1-2-6-4-3-5-7(11-15(12)13)8(6)9(10)14/h3-5,11H,2H2,1H3,(H2,10,14)(H,12,13)/p-1. The molecule has 1 atom stereocenters. The highest BCUT2D eigenvalue weighted by Gasteiger charge is 2.09. The van der Waals surface area contributed by atoms with Crippen LogP contribution in [0.3, 0.4) is 0 Å². The number of hydrogen-bond donors (Lipinski definition) is 2. The van der Waals surface area contributed by atoms with Crippen LogP contribution >= 0.6 is 12.2 Å². The molecule has 0 heterocycles. The van der Waals surface area contributed by atoms with E-state index in [1.165, 1.54) is 0 Å². The van der Waals surface area contributed by atoms with Gasteiger partial charge in [-0.05, 0) is 18.1 Å². The maximum Gasteiger partial charge on any atom is 0.106 e. The van der Waals surface area contributed by atoms with Gasteiger partial charge in [0.1, 0.15) is 4.99 Å². The lowest BCUT2D eigenvalue weighted by Crippen LogP contribution is -2.16. The van der Waals surface area contributed by atoms with Crippen LogP contribution in [0, 0.1) is 0 Å². The number of benzene rings is 1. The van der Waals surface area contributed by atoms with E-state index in [0.29, 0.717) is 11.3 Å². The van der Waals surface area contributed by atoms with Crippen molar-refractivity contribution >= 4 is 34.2 Å². The van der Waals surface area contributed by atoms with Crippen LogP contribution in [-0.2, 0) is 17.7 Å². The maximum absolute atomic E-state index is 10.5. The third kappa shape index (κ3) is 2.98. The zero-order valence-corrected chi connectivity index (χ0v) is 9.78. The fourth-order valence-electron chi connectivity index (χ4n) is 1.36. The van der Waals surface area contributed by atoms with Crippen molar-refractivity contribution in [3.8, 4) is 0 Å². The van der Waals surface area contributed by atoms with Gasteiger partial charge in [0.25, 0.3) is 0 Å². The van der Waals surface area contributed by atoms with Gasteiger partial charge in [0.2, 0.25) is 0 Å². The van der Waals surface area contributed by atoms with Crippen molar-refractivity contribution in [1.82, 2.24) is 0 Å². The van der Waals surface area contributed by atoms with Crippen molar-refractivity contribution in [2.45, 2.75) is 13.3 Å². The van der Waals surface area contributed by atoms with Gasteiger partial charge in [0, 0.05) is 16.8 Å². The van der Waals surface area contributed by atoms with Gasteiger partial charge < -0.3 is 15.0 Å². The predicted octanol–water partition coefficient (Wildman–Crippen LogP) is 1.09. The van der Waals surface area contributed by atoms with Crippen molar-refractivity contribution in [2.24, 2.45) is 5.73 Å². The summed E-state index contributed by atoms with van der Waals surface area (Å²) >= 11 is 2.52. The largest absolute Gasteiger partial charge is 0.755 e. The van der Waals surface area contributed by atoms with Crippen molar-refractivity contribution in [3.63, 3.8) is 0 Å². The Kier molecular flexibility index (Phi) is 4.19. The molecule has 1 unspecified atom stereocenters. The molecule has 0 aliphatic carbocycles. The van der Waals surface area contributed by atoms with Crippen molar-refractivity contribution in [1.29, 1.82) is 0 Å². The zero-order valence-electron chi connectivity index (χ0n) is 8.15. The number of hydrogen-bond acceptors (Lipinski definition) is 3. The highest BCUT2D eigenvalue weighted by molar-refractivity contribution is 7.81. The van der Waals surface area contributed by atoms with Gasteiger partial charge in [-0.1, -0.05) is 31.3 Å². The highest BCUT2D eigenvalue weighted by Crippen LogP contribution is 2.20. The fourth-order valence-corrected chi connectivity index (χ4v) is 1.95. The normalized spacial score (nSPS) is 12.1. The van der Waals surface area contributed by atoms with Gasteiger partial charge in [0.05, 0.1) is 5.69 Å². The molecule has 0 bridgehead atoms. The Morgan fingerprint density at radius 1 is 1.67 bits per heavy atom. The Morgan fingerprint density at radius 2 is 2.33 bits per heavy atom. The van der Waals surface area contributed by atoms with E-state index in [-0.39, 0.29) is 4.99 Å². The summed E-state index contributed by atoms with van der Waals surface area (Å²) < 4.78 is 23.4. The average molecular weight is 243 g/mol. The molecule has 1 aromatic rings. The SMILES string of the molecule is CCc1cccc(NS(=O)[O-])c1C(N)=S. The number of nitrogens with two attached hydrogens (primary N) is 1. The second kappa shape index (κ2) is 5.20. The summed E-state index contributed by atoms with van der Waals surface area (Å²) in [6.07, 6.45) is 0.744. The topological polar surface area (TPSA) is 78.2 Å². The van der Waals surface area contributed by atoms with Crippen LogP contribution in [0.1, 0.15) is 18.1 Å². The van der Waals surface area contributed by atoms with Gasteiger partial charge >= 0.3 is 0 Å². The summed E-state index contributed by atoms with van der Waals surface area (Å²) in [4.78, 5) is 0.195. The molecule has 3 N–H and O–H groups in total. The lowest BCUT2D eigenvalue weighted by Gasteiger charge is -2.15. The molecule has 82 valence electrons. The number of anilines is 1. The van der Waals surface area contributed by atoms with Crippen molar-refractivity contribution in [2.75, 3.05) is 4.72 Å². The van der Waals surface area contributed by atoms with E-state index >= 15 is 0 Å². The molecule has 4 nitrogen and oxygen atoms in total. The molecule has 0 aliphatic heterocycles. The van der Waals surface area contributed by atoms with Crippen molar-refractivity contribution in [3.05, 3.63) is 29.3 Å². The number of thiocarbonyl (C=S) groups is 1. The van der Waals surface area contributed by atoms with Crippen LogP contribution in [0.5, 0.6) is 0 Å². The molecule has 0 saturated carbocycles. The van der Waals surface area contributed by atoms with E-state index < -0.39 is 11.3 Å². The van der Waals surface area contributed by atoms with Gasteiger partial charge in [-0.15, -0.1) is 0 Å². The first kappa shape index (κ1) is 12.1. The zero-order chi connectivity index (χ0) is 11.4. The molecule has 6 heteroatoms. The predicted molar refractivity (Wildman–Crippen MR) is 64.2 cm³/mol. The Hall–Kier alpha value is -0.980. The van der Waals surface area contributed by atoms with Crippen LogP contribution in [-0.4, -0.2) is 13.8 Å². The van der Waals surface area contributed by atoms with Gasteiger partial charge in [-0.25, -0.2) is 0 Å². The Labute approximate surface area is 96.3 Å². The third-order valence-corrected chi connectivity index (χ3v) is 2.56. The summed E-state index contributed by atoms with van der Waals surface area (Å²) in [7, 11) is 0. The fraction of sp³-hybridized carbons (Fsp3) is 0.222. The molecule has 0 fully saturated rings. The molecule has 15 heavy (non-hydrogen) atoms. The van der Waals surface area contributed by atoms with E-state index in [9.17, 15) is 8.76 Å². The van der Waals surface area contributed by atoms with Crippen LogP contribution < -0.4 is 10.5 Å². The van der Waals surface area contributed by atoms with E-state index in [2.05, 4.69) is 4.72 Å². The first-order valence-corrected chi connectivity index (χ1v) is 5.82. The quantitative estimate of drug-likeness (QED) is 0.613. The van der Waals surface area contributed by atoms with Crippen LogP contribution in [0.25, 0.3) is 0 Å². The number of rotatable bonds is 4. The van der Waals surface area contributed by atoms with Gasteiger partial charge in [-0.2, -0.15) is 0 Å². The van der Waals surface area contributed by atoms with E-state index in [1.54, 1.807) is 12.1 Å². The lowest BCUT2D eigenvalue weighted by molar-refractivity contribution is 0.542. The molecule has 1 rings (SSSR count). The van der Waals surface area contributed by atoms with Crippen molar-refractivity contribution < 1.29 is 8.76 Å². The van der Waals surface area contributed by atoms with Gasteiger partial charge in [0.15, 0.2) is 0 Å². The Balaban J connectivity index is 3.25. The second-order valence-corrected chi connectivity index (χ2v) is 4.01. The lowest BCUT2D eigenvalue weighted by atomic mass is 10.0. The molecule has 0 spiro atoms. The first-order chi connectivity index (χ1) is 7.06. The molecule has 0 saturated heterocycles. The van der Waals surface area contributed by atoms with E-state index in [4.69, 9.17) is 18.0 Å². The molecular formula is C9H11N2O2S2-. The summed E-state index contributed by atoms with van der Waals surface area (Å²) in [6, 6.07) is 5.26. The van der Waals surface area contributed by atoms with E-state index in [1.807, 2.05) is 13.0 Å². The Bertz CT molecular complexity index is 407. The summed E-state index contributed by atoms with van der Waals surface area (Å²) in [5.74, 6) is 0. The second-order valence-electron chi connectivity index (χ2n) is 2.89. The van der Waals surface area contributed by atoms with Crippen LogP contribution in [0.4, 0.5) is 5.69 Å². The average Bonchev–Trinajstić information content (AvgIpc) is 2.15. The monoisotopic (exact) mass is 243 g/mol. The Morgan fingerprint density at radius 3 is 2.80 bits per heavy atom. The maximum atomic E-state index is 10.5. The minimum atomic E-state index is -2.37. The molecule has 0 amide bonds. The van der Waals surface area contributed by atoms with Gasteiger partial charge in [-0.3, -0.25) is 4.21 Å². The summed E-state index contributed by atoms with van der Waals surface area (Å²) in [5.41, 5.74) is 7.51. The minimum Gasteiger partial charge on any atom is -0.755 e. The van der Waals surface area contributed by atoms with Crippen LogP contribution in [0.2, 0.25) is 0 Å². The molecule has 0 radical (unpaired) electrons. The molecule has 1 aromatic carbocycles. The molecular weight excluding hydrogens is 232 g/mol.